The highest BCUT2D eigenvalue weighted by Crippen LogP contribution is 2.28. The first-order valence-electron chi connectivity index (χ1n) is 9.53. The average molecular weight is 349 g/mol. The molecule has 3 nitrogen and oxygen atoms in total. The van der Waals surface area contributed by atoms with E-state index in [-0.39, 0.29) is 17.7 Å². The maximum absolute atomic E-state index is 13.2. The summed E-state index contributed by atoms with van der Waals surface area (Å²) in [6.45, 7) is 3.29. The molecule has 0 bridgehead atoms. The minimum atomic E-state index is -0.0258. The van der Waals surface area contributed by atoms with Crippen LogP contribution in [0.15, 0.2) is 60.7 Å². The fourth-order valence-corrected chi connectivity index (χ4v) is 3.70. The van der Waals surface area contributed by atoms with E-state index in [1.807, 2.05) is 48.2 Å². The number of Topliss-reactive ketones (excluding diaryl/α,β-unsaturated/α-hetero) is 1. The van der Waals surface area contributed by atoms with Gasteiger partial charge in [0.1, 0.15) is 5.78 Å². The van der Waals surface area contributed by atoms with Gasteiger partial charge in [-0.25, -0.2) is 0 Å². The smallest absolute Gasteiger partial charge is 0.226 e. The molecular formula is C23H27NO2. The molecule has 1 fully saturated rings. The van der Waals surface area contributed by atoms with Crippen molar-refractivity contribution in [3.8, 4) is 0 Å². The zero-order valence-electron chi connectivity index (χ0n) is 15.4. The molecule has 1 aliphatic carbocycles. The normalized spacial score (nSPS) is 20.0. The van der Waals surface area contributed by atoms with Crippen molar-refractivity contribution in [3.63, 3.8) is 0 Å². The zero-order chi connectivity index (χ0) is 18.4. The number of carbonyl (C=O) groups is 2. The maximum Gasteiger partial charge on any atom is 0.226 e. The van der Waals surface area contributed by atoms with E-state index >= 15 is 0 Å². The monoisotopic (exact) mass is 349 g/mol. The number of ketones is 1. The van der Waals surface area contributed by atoms with Crippen molar-refractivity contribution in [2.75, 3.05) is 6.54 Å². The number of nitrogens with zero attached hydrogens (tertiary/aromatic N) is 1. The third kappa shape index (κ3) is 4.81. The van der Waals surface area contributed by atoms with E-state index in [1.165, 1.54) is 5.56 Å². The van der Waals surface area contributed by atoms with Gasteiger partial charge in [0.05, 0.1) is 0 Å². The van der Waals surface area contributed by atoms with E-state index in [2.05, 4.69) is 24.3 Å². The van der Waals surface area contributed by atoms with Crippen LogP contribution in [0.4, 0.5) is 0 Å². The Balaban J connectivity index is 1.71. The molecule has 2 atom stereocenters. The topological polar surface area (TPSA) is 37.4 Å². The molecule has 0 heterocycles. The fourth-order valence-electron chi connectivity index (χ4n) is 3.70. The summed E-state index contributed by atoms with van der Waals surface area (Å²) in [5.41, 5.74) is 2.39. The average Bonchev–Trinajstić information content (AvgIpc) is 2.68. The van der Waals surface area contributed by atoms with Crippen molar-refractivity contribution in [1.29, 1.82) is 0 Å². The molecule has 3 rings (SSSR count). The summed E-state index contributed by atoms with van der Waals surface area (Å²) in [7, 11) is 0. The fraction of sp³-hybridized carbons (Fsp3) is 0.391. The number of benzene rings is 2. The molecule has 136 valence electrons. The number of hydrogen-bond donors (Lipinski definition) is 0. The molecule has 2 unspecified atom stereocenters. The van der Waals surface area contributed by atoms with Gasteiger partial charge >= 0.3 is 0 Å². The van der Waals surface area contributed by atoms with Crippen LogP contribution < -0.4 is 0 Å². The van der Waals surface area contributed by atoms with Crippen molar-refractivity contribution in [2.45, 2.75) is 39.2 Å². The highest BCUT2D eigenvalue weighted by atomic mass is 16.2. The second kappa shape index (κ2) is 8.79. The van der Waals surface area contributed by atoms with Gasteiger partial charge in [-0.3, -0.25) is 9.59 Å². The number of rotatable bonds is 6. The van der Waals surface area contributed by atoms with Crippen LogP contribution in [-0.4, -0.2) is 23.1 Å². The number of carbonyl (C=O) groups excluding carboxylic acids is 2. The van der Waals surface area contributed by atoms with Crippen molar-refractivity contribution >= 4 is 11.7 Å². The third-order valence-corrected chi connectivity index (χ3v) is 5.32. The minimum Gasteiger partial charge on any atom is -0.338 e. The molecule has 0 spiro atoms. The largest absolute Gasteiger partial charge is 0.338 e. The van der Waals surface area contributed by atoms with Crippen LogP contribution in [-0.2, 0) is 22.6 Å². The van der Waals surface area contributed by atoms with E-state index < -0.39 is 0 Å². The Kier molecular flexibility index (Phi) is 6.21. The Labute approximate surface area is 156 Å². The van der Waals surface area contributed by atoms with E-state index in [0.717, 1.165) is 12.0 Å². The Morgan fingerprint density at radius 2 is 1.62 bits per heavy atom. The van der Waals surface area contributed by atoms with Crippen molar-refractivity contribution in [3.05, 3.63) is 71.8 Å². The lowest BCUT2D eigenvalue weighted by atomic mass is 9.80. The van der Waals surface area contributed by atoms with Gasteiger partial charge in [-0.2, -0.15) is 0 Å². The Hall–Kier alpha value is -2.42. The van der Waals surface area contributed by atoms with Crippen LogP contribution >= 0.6 is 0 Å². The quantitative estimate of drug-likeness (QED) is 0.781. The van der Waals surface area contributed by atoms with E-state index in [1.54, 1.807) is 0 Å². The van der Waals surface area contributed by atoms with E-state index in [9.17, 15) is 9.59 Å². The van der Waals surface area contributed by atoms with Crippen molar-refractivity contribution in [1.82, 2.24) is 4.90 Å². The van der Waals surface area contributed by atoms with Crippen molar-refractivity contribution < 1.29 is 9.59 Å². The zero-order valence-corrected chi connectivity index (χ0v) is 15.4. The first-order chi connectivity index (χ1) is 12.6. The molecule has 0 radical (unpaired) electrons. The molecule has 1 aliphatic rings. The van der Waals surface area contributed by atoms with Crippen LogP contribution in [0.1, 0.15) is 37.3 Å². The van der Waals surface area contributed by atoms with Gasteiger partial charge in [-0.15, -0.1) is 0 Å². The summed E-state index contributed by atoms with van der Waals surface area (Å²) in [6, 6.07) is 20.4. The molecule has 0 aromatic heterocycles. The third-order valence-electron chi connectivity index (χ3n) is 5.32. The lowest BCUT2D eigenvalue weighted by Crippen LogP contribution is -2.40. The van der Waals surface area contributed by atoms with E-state index in [4.69, 9.17) is 0 Å². The summed E-state index contributed by atoms with van der Waals surface area (Å²) < 4.78 is 0. The summed E-state index contributed by atoms with van der Waals surface area (Å²) in [4.78, 5) is 27.0. The van der Waals surface area contributed by atoms with Gasteiger partial charge < -0.3 is 4.90 Å². The Morgan fingerprint density at radius 3 is 2.23 bits per heavy atom. The lowest BCUT2D eigenvalue weighted by molar-refractivity contribution is -0.139. The van der Waals surface area contributed by atoms with Crippen LogP contribution in [0.5, 0.6) is 0 Å². The van der Waals surface area contributed by atoms with Gasteiger partial charge in [-0.05, 0) is 30.4 Å². The number of hydrogen-bond acceptors (Lipinski definition) is 2. The minimum absolute atomic E-state index is 0.00500. The molecule has 1 saturated carbocycles. The van der Waals surface area contributed by atoms with Gasteiger partial charge in [-0.1, -0.05) is 67.6 Å². The van der Waals surface area contributed by atoms with Gasteiger partial charge in [0, 0.05) is 31.3 Å². The Bertz CT molecular complexity index is 726. The van der Waals surface area contributed by atoms with Crippen molar-refractivity contribution in [2.24, 2.45) is 11.8 Å². The van der Waals surface area contributed by atoms with Gasteiger partial charge in [0.25, 0.3) is 0 Å². The SMILES string of the molecule is CC1CC(C(=O)N(CCc2ccccc2)Cc2ccccc2)CCC1=O. The van der Waals surface area contributed by atoms with Crippen LogP contribution in [0.2, 0.25) is 0 Å². The standard InChI is InChI=1S/C23H27NO2/c1-18-16-21(12-13-22(18)25)23(26)24(17-20-10-6-3-7-11-20)15-14-19-8-4-2-5-9-19/h2-11,18,21H,12-17H2,1H3. The van der Waals surface area contributed by atoms with Crippen LogP contribution in [0.3, 0.4) is 0 Å². The molecule has 1 amide bonds. The highest BCUT2D eigenvalue weighted by Gasteiger charge is 2.32. The second-order valence-electron chi connectivity index (χ2n) is 7.32. The highest BCUT2D eigenvalue weighted by molar-refractivity contribution is 5.86. The van der Waals surface area contributed by atoms with Crippen LogP contribution in [0, 0.1) is 11.8 Å². The molecule has 3 heteroatoms. The van der Waals surface area contributed by atoms with Crippen LogP contribution in [0.25, 0.3) is 0 Å². The van der Waals surface area contributed by atoms with Gasteiger partial charge in [0.15, 0.2) is 0 Å². The first kappa shape index (κ1) is 18.4. The molecule has 26 heavy (non-hydrogen) atoms. The van der Waals surface area contributed by atoms with Gasteiger partial charge in [0.2, 0.25) is 5.91 Å². The molecule has 2 aromatic carbocycles. The lowest BCUT2D eigenvalue weighted by Gasteiger charge is -2.31. The molecule has 0 aliphatic heterocycles. The first-order valence-corrected chi connectivity index (χ1v) is 9.53. The molecule has 0 N–H and O–H groups in total. The predicted molar refractivity (Wildman–Crippen MR) is 104 cm³/mol. The summed E-state index contributed by atoms with van der Waals surface area (Å²) in [5, 5.41) is 0. The summed E-state index contributed by atoms with van der Waals surface area (Å²) in [5.74, 6) is 0.477. The number of amides is 1. The maximum atomic E-state index is 13.2. The molecular weight excluding hydrogens is 322 g/mol. The summed E-state index contributed by atoms with van der Waals surface area (Å²) >= 11 is 0. The molecule has 0 saturated heterocycles. The second-order valence-corrected chi connectivity index (χ2v) is 7.32. The summed E-state index contributed by atoms with van der Waals surface area (Å²) in [6.07, 6.45) is 2.77. The Morgan fingerprint density at radius 1 is 1.00 bits per heavy atom. The van der Waals surface area contributed by atoms with E-state index in [0.29, 0.717) is 38.1 Å². The molecule has 2 aromatic rings. The predicted octanol–water partition coefficient (Wildman–Crippen LogP) is 4.26.